The Morgan fingerprint density at radius 3 is 2.60 bits per heavy atom. The molecule has 3 saturated carbocycles. The van der Waals surface area contributed by atoms with Crippen molar-refractivity contribution in [1.29, 1.82) is 0 Å². The molecule has 0 aromatic carbocycles. The lowest BCUT2D eigenvalue weighted by molar-refractivity contribution is -0.129. The number of hydrogen-bond donors (Lipinski definition) is 0. The minimum atomic E-state index is 0.108. The molecule has 3 aliphatic carbocycles. The van der Waals surface area contributed by atoms with Crippen molar-refractivity contribution in [2.24, 2.45) is 22.2 Å². The predicted molar refractivity (Wildman–Crippen MR) is 60.5 cm³/mol. The van der Waals surface area contributed by atoms with Crippen molar-refractivity contribution in [3.8, 4) is 0 Å². The molecule has 1 nitrogen and oxygen atoms in total. The maximum absolute atomic E-state index is 12.5. The molecule has 0 heterocycles. The van der Waals surface area contributed by atoms with Gasteiger partial charge >= 0.3 is 0 Å². The van der Waals surface area contributed by atoms with Crippen LogP contribution in [0.5, 0.6) is 0 Å². The topological polar surface area (TPSA) is 17.1 Å². The molecule has 3 fully saturated rings. The molecular formula is C14H22O. The lowest BCUT2D eigenvalue weighted by atomic mass is 9.59. The fraction of sp³-hybridized carbons (Fsp3) is 0.929. The Labute approximate surface area is 92.6 Å². The summed E-state index contributed by atoms with van der Waals surface area (Å²) in [6.45, 7) is 7.01. The Bertz CT molecular complexity index is 330. The van der Waals surface area contributed by atoms with Crippen LogP contribution >= 0.6 is 0 Å². The molecule has 0 spiro atoms. The largest absolute Gasteiger partial charge is 0.299 e. The van der Waals surface area contributed by atoms with Crippen molar-refractivity contribution in [2.75, 3.05) is 0 Å². The molecule has 3 atom stereocenters. The van der Waals surface area contributed by atoms with E-state index in [-0.39, 0.29) is 10.8 Å². The van der Waals surface area contributed by atoms with Gasteiger partial charge in [0.05, 0.1) is 0 Å². The van der Waals surface area contributed by atoms with Crippen LogP contribution in [0.3, 0.4) is 0 Å². The Kier molecular flexibility index (Phi) is 1.64. The molecule has 0 amide bonds. The van der Waals surface area contributed by atoms with Gasteiger partial charge in [-0.25, -0.2) is 0 Å². The molecule has 0 aromatic heterocycles. The van der Waals surface area contributed by atoms with E-state index in [0.717, 1.165) is 6.42 Å². The van der Waals surface area contributed by atoms with E-state index in [1.54, 1.807) is 0 Å². The fourth-order valence-corrected chi connectivity index (χ4v) is 5.60. The Balaban J connectivity index is 2.21. The van der Waals surface area contributed by atoms with Crippen molar-refractivity contribution < 1.29 is 4.79 Å². The fourth-order valence-electron chi connectivity index (χ4n) is 5.60. The van der Waals surface area contributed by atoms with E-state index in [0.29, 0.717) is 17.1 Å². The zero-order chi connectivity index (χ0) is 10.9. The lowest BCUT2D eigenvalue weighted by Crippen LogP contribution is -2.41. The Morgan fingerprint density at radius 1 is 1.20 bits per heavy atom. The van der Waals surface area contributed by atoms with Gasteiger partial charge < -0.3 is 0 Å². The molecule has 0 aromatic rings. The SMILES string of the molecule is CC1CC[C@]23CCC[C@]12C(=O)CC3(C)C. The van der Waals surface area contributed by atoms with Crippen molar-refractivity contribution in [1.82, 2.24) is 0 Å². The predicted octanol–water partition coefficient (Wildman–Crippen LogP) is 3.57. The number of carbonyl (C=O) groups excluding carboxylic acids is 1. The molecule has 0 radical (unpaired) electrons. The van der Waals surface area contributed by atoms with Crippen LogP contribution in [0.25, 0.3) is 0 Å². The first-order valence-electron chi connectivity index (χ1n) is 6.50. The average molecular weight is 206 g/mol. The second-order valence-corrected chi connectivity index (χ2v) is 6.83. The standard InChI is InChI=1S/C14H22O/c1-10-5-8-13-6-4-7-14(10,13)11(15)9-12(13,2)3/h10H,4-9H2,1-3H3/t10?,13-,14+/m0/s1. The number of rotatable bonds is 0. The first-order valence-corrected chi connectivity index (χ1v) is 6.50. The summed E-state index contributed by atoms with van der Waals surface area (Å²) in [5.41, 5.74) is 0.762. The van der Waals surface area contributed by atoms with Crippen LogP contribution in [0.4, 0.5) is 0 Å². The van der Waals surface area contributed by atoms with Gasteiger partial charge in [-0.2, -0.15) is 0 Å². The summed E-state index contributed by atoms with van der Waals surface area (Å²) < 4.78 is 0. The minimum Gasteiger partial charge on any atom is -0.299 e. The summed E-state index contributed by atoms with van der Waals surface area (Å²) in [6, 6.07) is 0. The van der Waals surface area contributed by atoms with Crippen LogP contribution in [0.15, 0.2) is 0 Å². The number of ketones is 1. The third kappa shape index (κ3) is 0.786. The first kappa shape index (κ1) is 9.86. The van der Waals surface area contributed by atoms with E-state index in [2.05, 4.69) is 20.8 Å². The van der Waals surface area contributed by atoms with Crippen LogP contribution in [0.1, 0.15) is 59.3 Å². The molecule has 0 N–H and O–H groups in total. The van der Waals surface area contributed by atoms with Crippen LogP contribution in [-0.2, 0) is 4.79 Å². The van der Waals surface area contributed by atoms with E-state index in [1.807, 2.05) is 0 Å². The third-order valence-electron chi connectivity index (χ3n) is 6.27. The van der Waals surface area contributed by atoms with Crippen molar-refractivity contribution in [2.45, 2.75) is 59.3 Å². The second-order valence-electron chi connectivity index (χ2n) is 6.83. The van der Waals surface area contributed by atoms with Gasteiger partial charge in [0.1, 0.15) is 5.78 Å². The Hall–Kier alpha value is -0.330. The van der Waals surface area contributed by atoms with Gasteiger partial charge in [0.2, 0.25) is 0 Å². The maximum Gasteiger partial charge on any atom is 0.140 e. The van der Waals surface area contributed by atoms with Crippen LogP contribution in [-0.4, -0.2) is 5.78 Å². The second kappa shape index (κ2) is 2.49. The number of hydrogen-bond acceptors (Lipinski definition) is 1. The van der Waals surface area contributed by atoms with Gasteiger partial charge in [0.15, 0.2) is 0 Å². The zero-order valence-electron chi connectivity index (χ0n) is 10.2. The number of carbonyl (C=O) groups is 1. The summed E-state index contributed by atoms with van der Waals surface area (Å²) in [5.74, 6) is 1.25. The zero-order valence-corrected chi connectivity index (χ0v) is 10.2. The quantitative estimate of drug-likeness (QED) is 0.592. The normalized spacial score (nSPS) is 51.9. The van der Waals surface area contributed by atoms with E-state index in [1.165, 1.54) is 32.1 Å². The highest BCUT2D eigenvalue weighted by Crippen LogP contribution is 2.77. The minimum absolute atomic E-state index is 0.108. The van der Waals surface area contributed by atoms with E-state index in [9.17, 15) is 4.79 Å². The summed E-state index contributed by atoms with van der Waals surface area (Å²) >= 11 is 0. The Morgan fingerprint density at radius 2 is 1.93 bits per heavy atom. The summed E-state index contributed by atoms with van der Waals surface area (Å²) in [6.07, 6.45) is 7.24. The maximum atomic E-state index is 12.5. The highest BCUT2D eigenvalue weighted by atomic mass is 16.1. The van der Waals surface area contributed by atoms with Crippen LogP contribution in [0, 0.1) is 22.2 Å². The van der Waals surface area contributed by atoms with E-state index >= 15 is 0 Å². The summed E-state index contributed by atoms with van der Waals surface area (Å²) in [5, 5.41) is 0. The van der Waals surface area contributed by atoms with Gasteiger partial charge in [0.25, 0.3) is 0 Å². The van der Waals surface area contributed by atoms with Gasteiger partial charge in [0, 0.05) is 11.8 Å². The van der Waals surface area contributed by atoms with Gasteiger partial charge in [-0.1, -0.05) is 27.2 Å². The van der Waals surface area contributed by atoms with Gasteiger partial charge in [-0.3, -0.25) is 4.79 Å². The monoisotopic (exact) mass is 206 g/mol. The average Bonchev–Trinajstić information content (AvgIpc) is 2.68. The molecule has 0 saturated heterocycles. The van der Waals surface area contributed by atoms with E-state index < -0.39 is 0 Å². The third-order valence-corrected chi connectivity index (χ3v) is 6.27. The molecular weight excluding hydrogens is 184 g/mol. The smallest absolute Gasteiger partial charge is 0.140 e. The molecule has 15 heavy (non-hydrogen) atoms. The van der Waals surface area contributed by atoms with Crippen molar-refractivity contribution >= 4 is 5.78 Å². The first-order chi connectivity index (χ1) is 6.96. The van der Waals surface area contributed by atoms with Gasteiger partial charge in [-0.15, -0.1) is 0 Å². The van der Waals surface area contributed by atoms with Crippen LogP contribution in [0.2, 0.25) is 0 Å². The van der Waals surface area contributed by atoms with Crippen molar-refractivity contribution in [3.05, 3.63) is 0 Å². The molecule has 3 rings (SSSR count). The van der Waals surface area contributed by atoms with Gasteiger partial charge in [-0.05, 0) is 42.4 Å². The van der Waals surface area contributed by atoms with Crippen LogP contribution < -0.4 is 0 Å². The molecule has 3 aliphatic rings. The molecule has 1 heteroatoms. The van der Waals surface area contributed by atoms with Crippen molar-refractivity contribution in [3.63, 3.8) is 0 Å². The summed E-state index contributed by atoms with van der Waals surface area (Å²) in [7, 11) is 0. The molecule has 84 valence electrons. The molecule has 0 bridgehead atoms. The highest BCUT2D eigenvalue weighted by molar-refractivity contribution is 5.90. The summed E-state index contributed by atoms with van der Waals surface area (Å²) in [4.78, 5) is 12.5. The molecule has 1 unspecified atom stereocenters. The lowest BCUT2D eigenvalue weighted by Gasteiger charge is -2.43. The number of Topliss-reactive ketones (excluding diaryl/α,β-unsaturated/α-hetero) is 1. The molecule has 0 aliphatic heterocycles. The van der Waals surface area contributed by atoms with E-state index in [4.69, 9.17) is 0 Å². The highest BCUT2D eigenvalue weighted by Gasteiger charge is 2.73.